The number of benzene rings is 1. The second-order valence-corrected chi connectivity index (χ2v) is 10.5. The summed E-state index contributed by atoms with van der Waals surface area (Å²) in [6.07, 6.45) is 5.31. The van der Waals surface area contributed by atoms with E-state index in [2.05, 4.69) is 31.2 Å². The number of aromatic nitrogens is 1. The van der Waals surface area contributed by atoms with E-state index in [9.17, 15) is 24.3 Å². The van der Waals surface area contributed by atoms with E-state index in [-0.39, 0.29) is 37.7 Å². The number of unbranched alkanes of at least 4 members (excludes halogenated alkanes) is 1. The van der Waals surface area contributed by atoms with Crippen LogP contribution in [0.15, 0.2) is 35.5 Å². The van der Waals surface area contributed by atoms with E-state index >= 15 is 0 Å². The number of carbonyl (C=O) groups is 4. The molecule has 14 heteroatoms. The van der Waals surface area contributed by atoms with Gasteiger partial charge in [-0.15, -0.1) is 0 Å². The molecule has 2 heterocycles. The second-order valence-electron chi connectivity index (χ2n) is 10.5. The first-order valence-corrected chi connectivity index (χ1v) is 14.4. The van der Waals surface area contributed by atoms with Gasteiger partial charge in [-0.1, -0.05) is 18.2 Å². The van der Waals surface area contributed by atoms with Gasteiger partial charge in [0.15, 0.2) is 5.96 Å². The van der Waals surface area contributed by atoms with Crippen molar-refractivity contribution in [3.63, 3.8) is 0 Å². The molecule has 42 heavy (non-hydrogen) atoms. The lowest BCUT2D eigenvalue weighted by atomic mass is 10.0. The summed E-state index contributed by atoms with van der Waals surface area (Å²) < 4.78 is 0. The lowest BCUT2D eigenvalue weighted by Gasteiger charge is -2.25. The van der Waals surface area contributed by atoms with Crippen LogP contribution in [0.5, 0.6) is 0 Å². The molecule has 0 aliphatic carbocycles. The summed E-state index contributed by atoms with van der Waals surface area (Å²) >= 11 is 0. The first-order chi connectivity index (χ1) is 20.2. The summed E-state index contributed by atoms with van der Waals surface area (Å²) in [5, 5.41) is 22.0. The van der Waals surface area contributed by atoms with Crippen molar-refractivity contribution in [2.75, 3.05) is 19.6 Å². The first kappa shape index (κ1) is 32.3. The number of carbonyl (C=O) groups excluding carboxylic acids is 3. The van der Waals surface area contributed by atoms with Crippen LogP contribution in [0.2, 0.25) is 0 Å². The van der Waals surface area contributed by atoms with Gasteiger partial charge in [0.25, 0.3) is 0 Å². The van der Waals surface area contributed by atoms with Crippen molar-refractivity contribution in [2.45, 2.75) is 75.5 Å². The highest BCUT2D eigenvalue weighted by Gasteiger charge is 2.31. The third kappa shape index (κ3) is 9.73. The van der Waals surface area contributed by atoms with Crippen molar-refractivity contribution in [3.8, 4) is 0 Å². The van der Waals surface area contributed by atoms with Gasteiger partial charge in [-0.2, -0.15) is 0 Å². The fourth-order valence-electron chi connectivity index (χ4n) is 4.98. The number of guanidine groups is 1. The van der Waals surface area contributed by atoms with Gasteiger partial charge in [0.05, 0.1) is 6.04 Å². The number of para-hydroxylation sites is 1. The van der Waals surface area contributed by atoms with Crippen LogP contribution in [-0.4, -0.2) is 83.5 Å². The minimum atomic E-state index is -1.23. The van der Waals surface area contributed by atoms with E-state index in [0.717, 1.165) is 22.9 Å². The Morgan fingerprint density at radius 1 is 0.976 bits per heavy atom. The van der Waals surface area contributed by atoms with Crippen LogP contribution in [0.3, 0.4) is 0 Å². The van der Waals surface area contributed by atoms with E-state index < -0.39 is 42.0 Å². The van der Waals surface area contributed by atoms with Gasteiger partial charge >= 0.3 is 5.97 Å². The molecule has 14 nitrogen and oxygen atoms in total. The summed E-state index contributed by atoms with van der Waals surface area (Å²) in [6.45, 7) is 1.38. The molecule has 3 amide bonds. The Morgan fingerprint density at radius 2 is 1.67 bits per heavy atom. The van der Waals surface area contributed by atoms with Crippen molar-refractivity contribution in [1.29, 1.82) is 0 Å². The molecule has 1 aromatic carbocycles. The minimum Gasteiger partial charge on any atom is -0.480 e. The number of hydrogen-bond acceptors (Lipinski definition) is 7. The van der Waals surface area contributed by atoms with Crippen LogP contribution < -0.4 is 38.5 Å². The van der Waals surface area contributed by atoms with Gasteiger partial charge < -0.3 is 48.6 Å². The number of aliphatic carboxylic acids is 1. The Kier molecular flexibility index (Phi) is 12.6. The molecule has 0 bridgehead atoms. The van der Waals surface area contributed by atoms with Crippen molar-refractivity contribution in [1.82, 2.24) is 26.3 Å². The van der Waals surface area contributed by atoms with Crippen LogP contribution in [0.1, 0.15) is 50.5 Å². The fourth-order valence-corrected chi connectivity index (χ4v) is 4.98. The number of aliphatic imine (C=N–C) groups is 1. The molecule has 12 N–H and O–H groups in total. The molecule has 1 aromatic heterocycles. The standard InChI is InChI=1S/C28H43N9O5/c29-12-4-3-9-21(26(40)37-23(27(41)42)15-17-16-34-19-8-2-1-7-18(17)19)36-25(39)22(11-6-14-33-28(30)31)35-24(38)20-10-5-13-32-20/h1-2,7-8,16,20-23,32,34H,3-6,9-15,29H2,(H,35,38)(H,36,39)(H,37,40)(H,41,42)(H4,30,31,33). The van der Waals surface area contributed by atoms with E-state index in [1.165, 1.54) is 0 Å². The van der Waals surface area contributed by atoms with Gasteiger partial charge in [0, 0.05) is 30.1 Å². The third-order valence-electron chi connectivity index (χ3n) is 7.25. The monoisotopic (exact) mass is 585 g/mol. The van der Waals surface area contributed by atoms with Gasteiger partial charge in [-0.25, -0.2) is 4.79 Å². The maximum Gasteiger partial charge on any atom is 0.326 e. The Bertz CT molecular complexity index is 1240. The lowest BCUT2D eigenvalue weighted by Crippen LogP contribution is -2.57. The van der Waals surface area contributed by atoms with E-state index in [4.69, 9.17) is 17.2 Å². The summed E-state index contributed by atoms with van der Waals surface area (Å²) in [4.78, 5) is 58.8. The number of H-pyrrole nitrogens is 1. The molecule has 4 unspecified atom stereocenters. The summed E-state index contributed by atoms with van der Waals surface area (Å²) in [6, 6.07) is 3.87. The Labute approximate surface area is 244 Å². The zero-order chi connectivity index (χ0) is 30.5. The molecule has 1 aliphatic heterocycles. The Balaban J connectivity index is 1.72. The average Bonchev–Trinajstić information content (AvgIpc) is 3.64. The normalized spacial score (nSPS) is 16.7. The molecule has 4 atom stereocenters. The first-order valence-electron chi connectivity index (χ1n) is 14.4. The van der Waals surface area contributed by atoms with Crippen LogP contribution in [0.4, 0.5) is 0 Å². The number of carboxylic acids is 1. The van der Waals surface area contributed by atoms with Crippen molar-refractivity contribution >= 4 is 40.6 Å². The smallest absolute Gasteiger partial charge is 0.326 e. The number of rotatable bonds is 17. The zero-order valence-electron chi connectivity index (χ0n) is 23.7. The molecule has 1 aliphatic rings. The molecule has 1 saturated heterocycles. The highest BCUT2D eigenvalue weighted by Crippen LogP contribution is 2.19. The number of hydrogen-bond donors (Lipinski definition) is 9. The third-order valence-corrected chi connectivity index (χ3v) is 7.25. The van der Waals surface area contributed by atoms with Crippen LogP contribution in [0.25, 0.3) is 10.9 Å². The lowest BCUT2D eigenvalue weighted by molar-refractivity contribution is -0.142. The van der Waals surface area contributed by atoms with Crippen molar-refractivity contribution < 1.29 is 24.3 Å². The minimum absolute atomic E-state index is 0.0480. The Morgan fingerprint density at radius 3 is 2.33 bits per heavy atom. The summed E-state index contributed by atoms with van der Waals surface area (Å²) in [7, 11) is 0. The van der Waals surface area contributed by atoms with E-state index in [1.54, 1.807) is 6.20 Å². The Hall–Kier alpha value is -4.17. The summed E-state index contributed by atoms with van der Waals surface area (Å²) in [5.74, 6) is -2.76. The van der Waals surface area contributed by atoms with Gasteiger partial charge in [-0.05, 0) is 69.7 Å². The molecular formula is C28H43N9O5. The quantitative estimate of drug-likeness (QED) is 0.0639. The number of nitrogens with one attached hydrogen (secondary N) is 5. The number of aromatic amines is 1. The van der Waals surface area contributed by atoms with Crippen molar-refractivity contribution in [2.24, 2.45) is 22.2 Å². The molecule has 230 valence electrons. The number of nitrogens with zero attached hydrogens (tertiary/aromatic N) is 1. The van der Waals surface area contributed by atoms with Crippen molar-refractivity contribution in [3.05, 3.63) is 36.0 Å². The molecule has 2 aromatic rings. The molecule has 0 radical (unpaired) electrons. The molecule has 3 rings (SSSR count). The van der Waals surface area contributed by atoms with Gasteiger partial charge in [0.1, 0.15) is 18.1 Å². The molecule has 0 saturated carbocycles. The zero-order valence-corrected chi connectivity index (χ0v) is 23.7. The van der Waals surface area contributed by atoms with Crippen LogP contribution >= 0.6 is 0 Å². The molecule has 1 fully saturated rings. The second kappa shape index (κ2) is 16.3. The number of amides is 3. The topological polar surface area (TPSA) is 243 Å². The highest BCUT2D eigenvalue weighted by atomic mass is 16.4. The maximum absolute atomic E-state index is 13.4. The average molecular weight is 586 g/mol. The number of fused-ring (bicyclic) bond motifs is 1. The van der Waals surface area contributed by atoms with Crippen LogP contribution in [-0.2, 0) is 25.6 Å². The predicted octanol–water partition coefficient (Wildman–Crippen LogP) is -0.816. The SMILES string of the molecule is NCCCCC(NC(=O)C(CCCN=C(N)N)NC(=O)C1CCCN1)C(=O)NC(Cc1c[nH]c2ccccc12)C(=O)O. The van der Waals surface area contributed by atoms with Gasteiger partial charge in [0.2, 0.25) is 17.7 Å². The highest BCUT2D eigenvalue weighted by molar-refractivity contribution is 5.94. The van der Waals surface area contributed by atoms with Crippen LogP contribution in [0, 0.1) is 0 Å². The number of nitrogens with two attached hydrogens (primary N) is 3. The van der Waals surface area contributed by atoms with Gasteiger partial charge in [-0.3, -0.25) is 19.4 Å². The molecular weight excluding hydrogens is 542 g/mol. The number of carboxylic acid groups (broad SMARTS) is 1. The van der Waals surface area contributed by atoms with E-state index in [1.807, 2.05) is 24.3 Å². The molecule has 0 spiro atoms. The maximum atomic E-state index is 13.4. The predicted molar refractivity (Wildman–Crippen MR) is 159 cm³/mol. The fraction of sp³-hybridized carbons (Fsp3) is 0.536. The summed E-state index contributed by atoms with van der Waals surface area (Å²) in [5.41, 5.74) is 18.0. The van der Waals surface area contributed by atoms with E-state index in [0.29, 0.717) is 38.8 Å². The largest absolute Gasteiger partial charge is 0.480 e.